The Kier molecular flexibility index (Phi) is 9.40. The number of anilines is 2. The number of benzene rings is 1. The van der Waals surface area contributed by atoms with Crippen LogP contribution in [0.15, 0.2) is 24.3 Å². The number of methoxy groups -OCH3 is 1. The fourth-order valence-corrected chi connectivity index (χ4v) is 2.54. The molecule has 2 rings (SSSR count). The first-order chi connectivity index (χ1) is 12.1. The molecule has 0 radical (unpaired) electrons. The Morgan fingerprint density at radius 2 is 1.88 bits per heavy atom. The average molecular weight is 402 g/mol. The van der Waals surface area contributed by atoms with Gasteiger partial charge in [0.25, 0.3) is 0 Å². The number of aryl methyl sites for hydroxylation is 1. The molecule has 7 nitrogen and oxygen atoms in total. The fourth-order valence-electron chi connectivity index (χ4n) is 2.41. The number of aromatic nitrogens is 3. The number of carbonyl (C=O) groups excluding carboxylic acids is 1. The van der Waals surface area contributed by atoms with Crippen molar-refractivity contribution in [3.63, 3.8) is 0 Å². The quantitative estimate of drug-likeness (QED) is 0.646. The molecule has 1 aromatic heterocycles. The number of nitrogens with zero attached hydrogens (tertiary/aromatic N) is 4. The molecule has 0 atom stereocenters. The van der Waals surface area contributed by atoms with Crippen molar-refractivity contribution in [1.82, 2.24) is 19.9 Å². The highest BCUT2D eigenvalue weighted by Crippen LogP contribution is 2.20. The van der Waals surface area contributed by atoms with Gasteiger partial charge in [-0.1, -0.05) is 25.4 Å². The molecule has 1 aromatic carbocycles. The van der Waals surface area contributed by atoms with Crippen LogP contribution in [0, 0.1) is 0 Å². The molecule has 9 heteroatoms. The lowest BCUT2D eigenvalue weighted by Crippen LogP contribution is -2.25. The van der Waals surface area contributed by atoms with E-state index >= 15 is 0 Å². The summed E-state index contributed by atoms with van der Waals surface area (Å²) >= 11 is 5.89. The monoisotopic (exact) mass is 401 g/mol. The van der Waals surface area contributed by atoms with Crippen LogP contribution in [0.2, 0.25) is 5.02 Å². The largest absolute Gasteiger partial charge is 0.464 e. The van der Waals surface area contributed by atoms with Gasteiger partial charge in [0.1, 0.15) is 0 Å². The van der Waals surface area contributed by atoms with Gasteiger partial charge in [-0.25, -0.2) is 4.79 Å². The Balaban J connectivity index is 0.00000338. The summed E-state index contributed by atoms with van der Waals surface area (Å²) in [5, 5.41) is 12.4. The number of rotatable bonds is 9. The summed E-state index contributed by atoms with van der Waals surface area (Å²) in [4.78, 5) is 15.8. The zero-order valence-electron chi connectivity index (χ0n) is 15.2. The maximum Gasteiger partial charge on any atom is 0.362 e. The number of halogens is 2. The van der Waals surface area contributed by atoms with E-state index in [-0.39, 0.29) is 18.1 Å². The highest BCUT2D eigenvalue weighted by molar-refractivity contribution is 6.30. The topological polar surface area (TPSA) is 72.3 Å². The van der Waals surface area contributed by atoms with Gasteiger partial charge in [0.15, 0.2) is 5.82 Å². The SMILES string of the molecule is CCN(CC)CCCn1nc(Nc2ccc(Cl)cc2)c(C(=O)OC)n1.Cl. The van der Waals surface area contributed by atoms with Crippen LogP contribution in [0.25, 0.3) is 0 Å². The van der Waals surface area contributed by atoms with Gasteiger partial charge in [-0.15, -0.1) is 22.6 Å². The van der Waals surface area contributed by atoms with Crippen molar-refractivity contribution in [1.29, 1.82) is 0 Å². The number of ether oxygens (including phenoxy) is 1. The first-order valence-corrected chi connectivity index (χ1v) is 8.73. The van der Waals surface area contributed by atoms with E-state index in [9.17, 15) is 4.79 Å². The number of hydrogen-bond donors (Lipinski definition) is 1. The third kappa shape index (κ3) is 6.16. The second kappa shape index (κ2) is 11.0. The Bertz CT molecular complexity index is 687. The molecule has 0 amide bonds. The first kappa shape index (κ1) is 22.2. The molecular formula is C17H25Cl2N5O2. The molecule has 0 fully saturated rings. The standard InChI is InChI=1S/C17H24ClN5O2.ClH/c1-4-22(5-2)11-6-12-23-20-15(17(24)25-3)16(21-23)19-14-9-7-13(18)8-10-14;/h7-10H,4-6,11-12H2,1-3H3,(H,19,21);1H. The third-order valence-corrected chi connectivity index (χ3v) is 4.12. The van der Waals surface area contributed by atoms with Crippen LogP contribution < -0.4 is 5.32 Å². The highest BCUT2D eigenvalue weighted by Gasteiger charge is 2.19. The highest BCUT2D eigenvalue weighted by atomic mass is 35.5. The normalized spacial score (nSPS) is 10.5. The summed E-state index contributed by atoms with van der Waals surface area (Å²) in [5.41, 5.74) is 0.935. The predicted molar refractivity (Wildman–Crippen MR) is 106 cm³/mol. The Labute approximate surface area is 165 Å². The summed E-state index contributed by atoms with van der Waals surface area (Å²) in [7, 11) is 1.33. The van der Waals surface area contributed by atoms with Gasteiger partial charge in [0.2, 0.25) is 5.69 Å². The summed E-state index contributed by atoms with van der Waals surface area (Å²) in [5.74, 6) is -0.150. The van der Waals surface area contributed by atoms with E-state index in [1.165, 1.54) is 11.9 Å². The summed E-state index contributed by atoms with van der Waals surface area (Å²) in [6.45, 7) is 7.89. The second-order valence-electron chi connectivity index (χ2n) is 5.50. The molecular weight excluding hydrogens is 377 g/mol. The fraction of sp³-hybridized carbons (Fsp3) is 0.471. The number of esters is 1. The van der Waals surface area contributed by atoms with Gasteiger partial charge >= 0.3 is 5.97 Å². The van der Waals surface area contributed by atoms with Crippen LogP contribution >= 0.6 is 24.0 Å². The van der Waals surface area contributed by atoms with Gasteiger partial charge in [-0.05, 0) is 50.3 Å². The van der Waals surface area contributed by atoms with E-state index in [1.807, 2.05) is 12.1 Å². The Morgan fingerprint density at radius 1 is 1.23 bits per heavy atom. The lowest BCUT2D eigenvalue weighted by molar-refractivity contribution is 0.0594. The van der Waals surface area contributed by atoms with Crippen LogP contribution in [-0.2, 0) is 11.3 Å². The molecule has 1 N–H and O–H groups in total. The minimum Gasteiger partial charge on any atom is -0.464 e. The lowest BCUT2D eigenvalue weighted by atomic mass is 10.3. The van der Waals surface area contributed by atoms with Crippen molar-refractivity contribution in [2.45, 2.75) is 26.8 Å². The van der Waals surface area contributed by atoms with Gasteiger partial charge in [0.05, 0.1) is 13.7 Å². The summed E-state index contributed by atoms with van der Waals surface area (Å²) in [6, 6.07) is 7.14. The van der Waals surface area contributed by atoms with E-state index < -0.39 is 5.97 Å². The smallest absolute Gasteiger partial charge is 0.362 e. The third-order valence-electron chi connectivity index (χ3n) is 3.87. The lowest BCUT2D eigenvalue weighted by Gasteiger charge is -2.17. The van der Waals surface area contributed by atoms with Crippen LogP contribution in [0.4, 0.5) is 11.5 Å². The zero-order chi connectivity index (χ0) is 18.2. The zero-order valence-corrected chi connectivity index (χ0v) is 16.8. The number of carbonyl (C=O) groups is 1. The van der Waals surface area contributed by atoms with Gasteiger partial charge in [0, 0.05) is 10.7 Å². The van der Waals surface area contributed by atoms with E-state index in [0.717, 1.165) is 31.7 Å². The van der Waals surface area contributed by atoms with Gasteiger partial charge < -0.3 is 15.0 Å². The molecule has 0 aliphatic heterocycles. The second-order valence-corrected chi connectivity index (χ2v) is 5.93. The molecule has 1 heterocycles. The molecule has 26 heavy (non-hydrogen) atoms. The van der Waals surface area contributed by atoms with E-state index in [2.05, 4.69) is 34.3 Å². The van der Waals surface area contributed by atoms with Crippen LogP contribution in [0.5, 0.6) is 0 Å². The Hall–Kier alpha value is -1.83. The summed E-state index contributed by atoms with van der Waals surface area (Å²) < 4.78 is 4.80. The van der Waals surface area contributed by atoms with Crippen molar-refractivity contribution < 1.29 is 9.53 Å². The van der Waals surface area contributed by atoms with Crippen LogP contribution in [-0.4, -0.2) is 52.6 Å². The molecule has 0 spiro atoms. The number of nitrogens with one attached hydrogen (secondary N) is 1. The van der Waals surface area contributed by atoms with Crippen LogP contribution in [0.3, 0.4) is 0 Å². The predicted octanol–water partition coefficient (Wildman–Crippen LogP) is 3.62. The molecule has 0 bridgehead atoms. The van der Waals surface area contributed by atoms with Crippen molar-refractivity contribution in [3.8, 4) is 0 Å². The molecule has 0 saturated heterocycles. The first-order valence-electron chi connectivity index (χ1n) is 8.35. The van der Waals surface area contributed by atoms with Crippen molar-refractivity contribution >= 4 is 41.5 Å². The molecule has 0 unspecified atom stereocenters. The Morgan fingerprint density at radius 3 is 2.46 bits per heavy atom. The minimum absolute atomic E-state index is 0. The van der Waals surface area contributed by atoms with Crippen molar-refractivity contribution in [2.24, 2.45) is 0 Å². The number of hydrogen-bond acceptors (Lipinski definition) is 6. The minimum atomic E-state index is -0.522. The maximum absolute atomic E-state index is 12.0. The molecule has 144 valence electrons. The van der Waals surface area contributed by atoms with E-state index in [4.69, 9.17) is 16.3 Å². The van der Waals surface area contributed by atoms with E-state index in [1.54, 1.807) is 12.1 Å². The van der Waals surface area contributed by atoms with Crippen molar-refractivity contribution in [2.75, 3.05) is 32.1 Å². The molecule has 0 aliphatic rings. The summed E-state index contributed by atoms with van der Waals surface area (Å²) in [6.07, 6.45) is 0.900. The van der Waals surface area contributed by atoms with Gasteiger partial charge in [-0.2, -0.15) is 4.80 Å². The molecule has 0 aliphatic carbocycles. The average Bonchev–Trinajstić information content (AvgIpc) is 3.02. The van der Waals surface area contributed by atoms with E-state index in [0.29, 0.717) is 17.4 Å². The van der Waals surface area contributed by atoms with Crippen molar-refractivity contribution in [3.05, 3.63) is 35.0 Å². The molecule has 0 saturated carbocycles. The molecule has 2 aromatic rings. The van der Waals surface area contributed by atoms with Crippen LogP contribution in [0.1, 0.15) is 30.8 Å². The maximum atomic E-state index is 12.0. The van der Waals surface area contributed by atoms with Gasteiger partial charge in [-0.3, -0.25) is 0 Å².